The van der Waals surface area contributed by atoms with Gasteiger partial charge in [0.15, 0.2) is 0 Å². The lowest BCUT2D eigenvalue weighted by Gasteiger charge is -2.35. The number of likely N-dealkylation sites (tertiary alicyclic amines) is 1. The van der Waals surface area contributed by atoms with Crippen LogP contribution in [0.2, 0.25) is 0 Å². The Morgan fingerprint density at radius 3 is 3.06 bits per heavy atom. The predicted octanol–water partition coefficient (Wildman–Crippen LogP) is 2.66. The number of benzene rings is 1. The molecule has 3 nitrogen and oxygen atoms in total. The molecule has 0 aliphatic carbocycles. The number of carbonyl (C=O) groups excluding carboxylic acids is 1. The van der Waals surface area contributed by atoms with Crippen LogP contribution < -0.4 is 5.32 Å². The zero-order valence-corrected chi connectivity index (χ0v) is 12.2. The SMILES string of the molecule is CNCC1CCCCN1C(=O)c1cccc(Br)c1. The maximum absolute atomic E-state index is 12.5. The van der Waals surface area contributed by atoms with Crippen LogP contribution in [-0.2, 0) is 0 Å². The number of piperidine rings is 1. The monoisotopic (exact) mass is 310 g/mol. The molecule has 1 aromatic rings. The highest BCUT2D eigenvalue weighted by Gasteiger charge is 2.26. The van der Waals surface area contributed by atoms with E-state index in [2.05, 4.69) is 21.2 Å². The Morgan fingerprint density at radius 1 is 1.50 bits per heavy atom. The van der Waals surface area contributed by atoms with Crippen LogP contribution in [0.3, 0.4) is 0 Å². The molecule has 1 amide bonds. The minimum Gasteiger partial charge on any atom is -0.334 e. The van der Waals surface area contributed by atoms with Crippen molar-refractivity contribution in [2.24, 2.45) is 0 Å². The van der Waals surface area contributed by atoms with Crippen molar-refractivity contribution in [2.75, 3.05) is 20.1 Å². The first-order valence-corrected chi connectivity index (χ1v) is 7.23. The van der Waals surface area contributed by atoms with Crippen LogP contribution in [0.25, 0.3) is 0 Å². The molecular formula is C14H19BrN2O. The molecule has 4 heteroatoms. The normalized spacial score (nSPS) is 19.9. The number of rotatable bonds is 3. The number of nitrogens with zero attached hydrogens (tertiary/aromatic N) is 1. The second-order valence-corrected chi connectivity index (χ2v) is 5.63. The molecular weight excluding hydrogens is 292 g/mol. The summed E-state index contributed by atoms with van der Waals surface area (Å²) in [5.74, 6) is 0.149. The van der Waals surface area contributed by atoms with Crippen LogP contribution in [0.5, 0.6) is 0 Å². The molecule has 0 aromatic heterocycles. The lowest BCUT2D eigenvalue weighted by atomic mass is 10.0. The largest absolute Gasteiger partial charge is 0.334 e. The molecule has 0 radical (unpaired) electrons. The van der Waals surface area contributed by atoms with Crippen LogP contribution >= 0.6 is 15.9 Å². The fourth-order valence-corrected chi connectivity index (χ4v) is 2.90. The fraction of sp³-hybridized carbons (Fsp3) is 0.500. The van der Waals surface area contributed by atoms with E-state index in [4.69, 9.17) is 0 Å². The molecule has 1 fully saturated rings. The van der Waals surface area contributed by atoms with Gasteiger partial charge in [-0.25, -0.2) is 0 Å². The molecule has 18 heavy (non-hydrogen) atoms. The van der Waals surface area contributed by atoms with Crippen molar-refractivity contribution < 1.29 is 4.79 Å². The number of hydrogen-bond acceptors (Lipinski definition) is 2. The number of amides is 1. The van der Waals surface area contributed by atoms with Crippen molar-refractivity contribution in [3.8, 4) is 0 Å². The second-order valence-electron chi connectivity index (χ2n) is 4.72. The Kier molecular flexibility index (Phi) is 4.78. The number of halogens is 1. The third kappa shape index (κ3) is 3.12. The fourth-order valence-electron chi connectivity index (χ4n) is 2.50. The molecule has 2 rings (SSSR count). The van der Waals surface area contributed by atoms with Gasteiger partial charge in [0.2, 0.25) is 0 Å². The van der Waals surface area contributed by atoms with E-state index in [1.165, 1.54) is 6.42 Å². The smallest absolute Gasteiger partial charge is 0.254 e. The van der Waals surface area contributed by atoms with Crippen LogP contribution in [0, 0.1) is 0 Å². The molecule has 0 bridgehead atoms. The number of hydrogen-bond donors (Lipinski definition) is 1. The summed E-state index contributed by atoms with van der Waals surface area (Å²) in [6, 6.07) is 7.97. The Bertz CT molecular complexity index is 420. The van der Waals surface area contributed by atoms with Crippen molar-refractivity contribution in [1.29, 1.82) is 0 Å². The topological polar surface area (TPSA) is 32.3 Å². The van der Waals surface area contributed by atoms with Gasteiger partial charge in [0.25, 0.3) is 5.91 Å². The average Bonchev–Trinajstić information content (AvgIpc) is 2.39. The van der Waals surface area contributed by atoms with Gasteiger partial charge in [0, 0.05) is 29.2 Å². The molecule has 1 saturated heterocycles. The first kappa shape index (κ1) is 13.6. The summed E-state index contributed by atoms with van der Waals surface area (Å²) in [6.45, 7) is 1.75. The van der Waals surface area contributed by atoms with Gasteiger partial charge in [-0.3, -0.25) is 4.79 Å². The Labute approximate surface area is 117 Å². The average molecular weight is 311 g/mol. The first-order chi connectivity index (χ1) is 8.72. The van der Waals surface area contributed by atoms with Crippen molar-refractivity contribution >= 4 is 21.8 Å². The van der Waals surface area contributed by atoms with E-state index >= 15 is 0 Å². The van der Waals surface area contributed by atoms with E-state index in [0.717, 1.165) is 36.0 Å². The molecule has 1 atom stereocenters. The van der Waals surface area contributed by atoms with Crippen molar-refractivity contribution in [3.63, 3.8) is 0 Å². The highest BCUT2D eigenvalue weighted by Crippen LogP contribution is 2.20. The molecule has 1 aliphatic rings. The molecule has 0 saturated carbocycles. The zero-order chi connectivity index (χ0) is 13.0. The predicted molar refractivity (Wildman–Crippen MR) is 76.7 cm³/mol. The van der Waals surface area contributed by atoms with Crippen molar-refractivity contribution in [3.05, 3.63) is 34.3 Å². The van der Waals surface area contributed by atoms with Gasteiger partial charge in [-0.05, 0) is 44.5 Å². The van der Waals surface area contributed by atoms with Gasteiger partial charge >= 0.3 is 0 Å². The highest BCUT2D eigenvalue weighted by atomic mass is 79.9. The van der Waals surface area contributed by atoms with E-state index in [1.807, 2.05) is 36.2 Å². The minimum absolute atomic E-state index is 0.149. The summed E-state index contributed by atoms with van der Waals surface area (Å²) < 4.78 is 0.954. The Hall–Kier alpha value is -0.870. The third-order valence-corrected chi connectivity index (χ3v) is 3.89. The zero-order valence-electron chi connectivity index (χ0n) is 10.7. The third-order valence-electron chi connectivity index (χ3n) is 3.40. The van der Waals surface area contributed by atoms with E-state index in [9.17, 15) is 4.79 Å². The molecule has 1 heterocycles. The van der Waals surface area contributed by atoms with Crippen LogP contribution in [0.1, 0.15) is 29.6 Å². The molecule has 1 aromatic carbocycles. The van der Waals surface area contributed by atoms with Crippen molar-refractivity contribution in [2.45, 2.75) is 25.3 Å². The number of nitrogens with one attached hydrogen (secondary N) is 1. The number of likely N-dealkylation sites (N-methyl/N-ethyl adjacent to an activating group) is 1. The van der Waals surface area contributed by atoms with Crippen LogP contribution in [-0.4, -0.2) is 37.0 Å². The summed E-state index contributed by atoms with van der Waals surface area (Å²) in [4.78, 5) is 14.5. The van der Waals surface area contributed by atoms with E-state index in [1.54, 1.807) is 0 Å². The summed E-state index contributed by atoms with van der Waals surface area (Å²) in [6.07, 6.45) is 3.43. The minimum atomic E-state index is 0.149. The molecule has 1 aliphatic heterocycles. The van der Waals surface area contributed by atoms with E-state index in [-0.39, 0.29) is 5.91 Å². The van der Waals surface area contributed by atoms with Gasteiger partial charge < -0.3 is 10.2 Å². The second kappa shape index (κ2) is 6.34. The van der Waals surface area contributed by atoms with Gasteiger partial charge in [-0.1, -0.05) is 22.0 Å². The summed E-state index contributed by atoms with van der Waals surface area (Å²) in [7, 11) is 1.94. The molecule has 98 valence electrons. The maximum Gasteiger partial charge on any atom is 0.254 e. The lowest BCUT2D eigenvalue weighted by molar-refractivity contribution is 0.0615. The van der Waals surface area contributed by atoms with E-state index in [0.29, 0.717) is 6.04 Å². The maximum atomic E-state index is 12.5. The summed E-state index contributed by atoms with van der Waals surface area (Å²) >= 11 is 3.42. The first-order valence-electron chi connectivity index (χ1n) is 6.43. The standard InChI is InChI=1S/C14H19BrN2O/c1-16-10-13-7-2-3-8-17(13)14(18)11-5-4-6-12(15)9-11/h4-6,9,13,16H,2-3,7-8,10H2,1H3. The van der Waals surface area contributed by atoms with Crippen LogP contribution in [0.15, 0.2) is 28.7 Å². The van der Waals surface area contributed by atoms with E-state index < -0.39 is 0 Å². The lowest BCUT2D eigenvalue weighted by Crippen LogP contribution is -2.48. The molecule has 1 N–H and O–H groups in total. The Morgan fingerprint density at radius 2 is 2.33 bits per heavy atom. The van der Waals surface area contributed by atoms with Crippen molar-refractivity contribution in [1.82, 2.24) is 10.2 Å². The highest BCUT2D eigenvalue weighted by molar-refractivity contribution is 9.10. The van der Waals surface area contributed by atoms with Gasteiger partial charge in [0.05, 0.1) is 0 Å². The Balaban J connectivity index is 2.15. The van der Waals surface area contributed by atoms with Gasteiger partial charge in [0.1, 0.15) is 0 Å². The molecule has 1 unspecified atom stereocenters. The van der Waals surface area contributed by atoms with Gasteiger partial charge in [-0.15, -0.1) is 0 Å². The summed E-state index contributed by atoms with van der Waals surface area (Å²) in [5.41, 5.74) is 0.771. The van der Waals surface area contributed by atoms with Gasteiger partial charge in [-0.2, -0.15) is 0 Å². The number of carbonyl (C=O) groups is 1. The summed E-state index contributed by atoms with van der Waals surface area (Å²) in [5, 5.41) is 3.18. The quantitative estimate of drug-likeness (QED) is 0.931. The molecule has 0 spiro atoms. The van der Waals surface area contributed by atoms with Crippen LogP contribution in [0.4, 0.5) is 0 Å².